The zero-order valence-electron chi connectivity index (χ0n) is 10.4. The van der Waals surface area contributed by atoms with Crippen molar-refractivity contribution < 1.29 is 9.53 Å². The molecule has 1 aromatic rings. The number of ether oxygens (including phenoxy) is 1. The van der Waals surface area contributed by atoms with E-state index in [4.69, 9.17) is 4.74 Å². The number of carbonyl (C=O) groups excluding carboxylic acids is 1. The van der Waals surface area contributed by atoms with Crippen molar-refractivity contribution in [3.05, 3.63) is 35.4 Å². The fourth-order valence-corrected chi connectivity index (χ4v) is 2.03. The first-order valence-corrected chi connectivity index (χ1v) is 6.15. The Hall–Kier alpha value is -1.35. The number of rotatable bonds is 3. The first-order valence-electron chi connectivity index (χ1n) is 6.15. The Morgan fingerprint density at radius 3 is 2.71 bits per heavy atom. The highest BCUT2D eigenvalue weighted by molar-refractivity contribution is 5.81. The quantitative estimate of drug-likeness (QED) is 0.870. The number of carbonyl (C=O) groups is 1. The fourth-order valence-electron chi connectivity index (χ4n) is 2.03. The van der Waals surface area contributed by atoms with Crippen LogP contribution in [0.15, 0.2) is 24.3 Å². The predicted octanol–water partition coefficient (Wildman–Crippen LogP) is 2.35. The lowest BCUT2D eigenvalue weighted by atomic mass is 10.1. The van der Waals surface area contributed by atoms with Gasteiger partial charge >= 0.3 is 0 Å². The van der Waals surface area contributed by atoms with Gasteiger partial charge in [-0.15, -0.1) is 0 Å². The molecule has 3 nitrogen and oxygen atoms in total. The van der Waals surface area contributed by atoms with Gasteiger partial charge in [-0.1, -0.05) is 29.8 Å². The third kappa shape index (κ3) is 3.07. The molecule has 0 aliphatic carbocycles. The van der Waals surface area contributed by atoms with Crippen molar-refractivity contribution in [2.75, 3.05) is 6.61 Å². The average Bonchev–Trinajstić information content (AvgIpc) is 2.83. The second-order valence-electron chi connectivity index (χ2n) is 4.64. The molecule has 92 valence electrons. The molecule has 0 aromatic heterocycles. The smallest absolute Gasteiger partial charge is 0.249 e. The van der Waals surface area contributed by atoms with E-state index in [1.165, 1.54) is 5.56 Å². The minimum atomic E-state index is -0.247. The van der Waals surface area contributed by atoms with Crippen molar-refractivity contribution in [2.45, 2.75) is 38.8 Å². The highest BCUT2D eigenvalue weighted by Crippen LogP contribution is 2.16. The first kappa shape index (κ1) is 12.1. The molecular formula is C14H19NO2. The van der Waals surface area contributed by atoms with Gasteiger partial charge in [-0.05, 0) is 32.3 Å². The fraction of sp³-hybridized carbons (Fsp3) is 0.500. The van der Waals surface area contributed by atoms with Crippen LogP contribution in [0, 0.1) is 6.92 Å². The van der Waals surface area contributed by atoms with Crippen LogP contribution in [0.2, 0.25) is 0 Å². The van der Waals surface area contributed by atoms with Crippen molar-refractivity contribution in [3.63, 3.8) is 0 Å². The van der Waals surface area contributed by atoms with E-state index in [-0.39, 0.29) is 18.1 Å². The van der Waals surface area contributed by atoms with Crippen LogP contribution in [0.5, 0.6) is 0 Å². The van der Waals surface area contributed by atoms with E-state index in [0.29, 0.717) is 6.61 Å². The molecule has 2 atom stereocenters. The van der Waals surface area contributed by atoms with Crippen LogP contribution < -0.4 is 5.32 Å². The van der Waals surface area contributed by atoms with Crippen LogP contribution in [0.4, 0.5) is 0 Å². The molecule has 1 aromatic carbocycles. The van der Waals surface area contributed by atoms with Crippen LogP contribution in [-0.2, 0) is 9.53 Å². The van der Waals surface area contributed by atoms with E-state index in [1.807, 2.05) is 6.92 Å². The number of aryl methyl sites for hydroxylation is 1. The maximum absolute atomic E-state index is 11.9. The van der Waals surface area contributed by atoms with Gasteiger partial charge in [0.25, 0.3) is 0 Å². The van der Waals surface area contributed by atoms with E-state index >= 15 is 0 Å². The Labute approximate surface area is 102 Å². The van der Waals surface area contributed by atoms with Crippen molar-refractivity contribution in [3.8, 4) is 0 Å². The summed E-state index contributed by atoms with van der Waals surface area (Å²) >= 11 is 0. The second-order valence-corrected chi connectivity index (χ2v) is 4.64. The van der Waals surface area contributed by atoms with Gasteiger partial charge in [0, 0.05) is 6.61 Å². The standard InChI is InChI=1S/C14H19NO2/c1-10-5-7-12(8-6-10)11(2)15-14(16)13-4-3-9-17-13/h5-8,11,13H,3-4,9H2,1-2H3,(H,15,16)/t11-,13-/m1/s1. The minimum Gasteiger partial charge on any atom is -0.368 e. The van der Waals surface area contributed by atoms with Crippen LogP contribution in [0.3, 0.4) is 0 Å². The van der Waals surface area contributed by atoms with E-state index in [9.17, 15) is 4.79 Å². The van der Waals surface area contributed by atoms with Gasteiger partial charge in [0.05, 0.1) is 6.04 Å². The Kier molecular flexibility index (Phi) is 3.79. The van der Waals surface area contributed by atoms with Gasteiger partial charge in [-0.3, -0.25) is 4.79 Å². The SMILES string of the molecule is Cc1ccc([C@@H](C)NC(=O)[C@H]2CCCO2)cc1. The molecule has 17 heavy (non-hydrogen) atoms. The summed E-state index contributed by atoms with van der Waals surface area (Å²) in [7, 11) is 0. The number of nitrogens with one attached hydrogen (secondary N) is 1. The monoisotopic (exact) mass is 233 g/mol. The Bertz CT molecular complexity index is 380. The summed E-state index contributed by atoms with van der Waals surface area (Å²) < 4.78 is 5.36. The zero-order chi connectivity index (χ0) is 12.3. The second kappa shape index (κ2) is 5.32. The zero-order valence-corrected chi connectivity index (χ0v) is 10.4. The first-order chi connectivity index (χ1) is 8.16. The summed E-state index contributed by atoms with van der Waals surface area (Å²) in [6.45, 7) is 4.76. The van der Waals surface area contributed by atoms with Crippen LogP contribution in [0.25, 0.3) is 0 Å². The largest absolute Gasteiger partial charge is 0.368 e. The number of hydrogen-bond acceptors (Lipinski definition) is 2. The third-order valence-corrected chi connectivity index (χ3v) is 3.16. The molecule has 1 aliphatic rings. The van der Waals surface area contributed by atoms with E-state index in [0.717, 1.165) is 18.4 Å². The molecule has 0 bridgehead atoms. The molecule has 0 spiro atoms. The Morgan fingerprint density at radius 2 is 2.12 bits per heavy atom. The van der Waals surface area contributed by atoms with Gasteiger partial charge in [0.2, 0.25) is 5.91 Å². The van der Waals surface area contributed by atoms with Gasteiger partial charge in [0.15, 0.2) is 0 Å². The lowest BCUT2D eigenvalue weighted by molar-refractivity contribution is -0.130. The lowest BCUT2D eigenvalue weighted by Gasteiger charge is -2.17. The predicted molar refractivity (Wildman–Crippen MR) is 66.7 cm³/mol. The summed E-state index contributed by atoms with van der Waals surface area (Å²) in [6, 6.07) is 8.26. The summed E-state index contributed by atoms with van der Waals surface area (Å²) in [5.41, 5.74) is 2.35. The molecular weight excluding hydrogens is 214 g/mol. The minimum absolute atomic E-state index is 0.00979. The summed E-state index contributed by atoms with van der Waals surface area (Å²) in [5.74, 6) is 0.00979. The number of benzene rings is 1. The van der Waals surface area contributed by atoms with Crippen molar-refractivity contribution in [1.29, 1.82) is 0 Å². The molecule has 0 radical (unpaired) electrons. The average molecular weight is 233 g/mol. The number of amides is 1. The van der Waals surface area contributed by atoms with E-state index < -0.39 is 0 Å². The molecule has 2 rings (SSSR count). The highest BCUT2D eigenvalue weighted by atomic mass is 16.5. The van der Waals surface area contributed by atoms with Crippen molar-refractivity contribution in [2.24, 2.45) is 0 Å². The molecule has 1 saturated heterocycles. The molecule has 0 saturated carbocycles. The molecule has 1 aliphatic heterocycles. The molecule has 1 amide bonds. The van der Waals surface area contributed by atoms with Crippen LogP contribution in [0.1, 0.15) is 36.9 Å². The molecule has 1 heterocycles. The summed E-state index contributed by atoms with van der Waals surface area (Å²) in [6.07, 6.45) is 1.58. The lowest BCUT2D eigenvalue weighted by Crippen LogP contribution is -2.35. The highest BCUT2D eigenvalue weighted by Gasteiger charge is 2.24. The molecule has 0 unspecified atom stereocenters. The van der Waals surface area contributed by atoms with E-state index in [2.05, 4.69) is 36.5 Å². The third-order valence-electron chi connectivity index (χ3n) is 3.16. The van der Waals surface area contributed by atoms with Crippen molar-refractivity contribution >= 4 is 5.91 Å². The maximum atomic E-state index is 11.9. The van der Waals surface area contributed by atoms with Crippen molar-refractivity contribution in [1.82, 2.24) is 5.32 Å². The maximum Gasteiger partial charge on any atom is 0.249 e. The van der Waals surface area contributed by atoms with E-state index in [1.54, 1.807) is 0 Å². The Morgan fingerprint density at radius 1 is 1.41 bits per heavy atom. The number of hydrogen-bond donors (Lipinski definition) is 1. The van der Waals surface area contributed by atoms with Crippen LogP contribution in [-0.4, -0.2) is 18.6 Å². The van der Waals surface area contributed by atoms with Gasteiger partial charge in [0.1, 0.15) is 6.10 Å². The molecule has 1 N–H and O–H groups in total. The van der Waals surface area contributed by atoms with Crippen LogP contribution >= 0.6 is 0 Å². The summed E-state index contributed by atoms with van der Waals surface area (Å²) in [4.78, 5) is 11.9. The molecule has 3 heteroatoms. The summed E-state index contributed by atoms with van der Waals surface area (Å²) in [5, 5.41) is 2.99. The van der Waals surface area contributed by atoms with Gasteiger partial charge in [-0.2, -0.15) is 0 Å². The normalized spacial score (nSPS) is 21.2. The topological polar surface area (TPSA) is 38.3 Å². The molecule has 1 fully saturated rings. The van der Waals surface area contributed by atoms with Gasteiger partial charge < -0.3 is 10.1 Å². The van der Waals surface area contributed by atoms with Gasteiger partial charge in [-0.25, -0.2) is 0 Å². The Balaban J connectivity index is 1.93.